The molecule has 0 saturated carbocycles. The van der Waals surface area contributed by atoms with Crippen LogP contribution in [0.5, 0.6) is 0 Å². The van der Waals surface area contributed by atoms with Crippen LogP contribution in [0.3, 0.4) is 0 Å². The molecule has 24 nitrogen and oxygen atoms in total. The molecule has 52 heteroatoms. The van der Waals surface area contributed by atoms with E-state index in [2.05, 4.69) is 188 Å². The number of halogens is 4. The number of hydrogen-bond acceptors (Lipinski definition) is 29. The van der Waals surface area contributed by atoms with Gasteiger partial charge in [0.2, 0.25) is 0 Å². The number of nitrogens with one attached hydrogen (secondary N) is 1. The Morgan fingerprint density at radius 1 is 0.804 bits per heavy atom. The first-order chi connectivity index (χ1) is 52.8. The van der Waals surface area contributed by atoms with Gasteiger partial charge < -0.3 is 73.7 Å². The molecule has 1 saturated heterocycles. The molecule has 0 spiro atoms. The van der Waals surface area contributed by atoms with Crippen molar-refractivity contribution in [1.29, 1.82) is 10.7 Å². The van der Waals surface area contributed by atoms with Gasteiger partial charge in [-0.1, -0.05) is 12.1 Å². The van der Waals surface area contributed by atoms with Crippen LogP contribution in [-0.2, 0) is 280 Å². The normalized spacial score (nSPS) is 12.2. The minimum Gasteiger partial charge on any atom is -0.335 e. The monoisotopic (exact) mass is 2090 g/mol. The fourth-order valence-corrected chi connectivity index (χ4v) is 17.3. The second-order valence-corrected chi connectivity index (χ2v) is 42.4. The number of nitrogens with zero attached hydrogens (tertiary/aromatic N) is 8. The van der Waals surface area contributed by atoms with E-state index in [1.54, 1.807) is 39.2 Å². The molecule has 1 amide bonds. The van der Waals surface area contributed by atoms with Crippen LogP contribution in [0, 0.1) is 16.7 Å². The summed E-state index contributed by atoms with van der Waals surface area (Å²) in [5, 5.41) is 22.6. The topological polar surface area (TPSA) is 336 Å². The number of amidine groups is 1. The molecule has 1 radical (unpaired) electrons. The number of fused-ring (bicyclic) bond motifs is 3. The zero-order valence-corrected chi connectivity index (χ0v) is 86.1. The number of nitriles is 1. The van der Waals surface area contributed by atoms with Gasteiger partial charge in [0.1, 0.15) is 28.4 Å². The Balaban J connectivity index is -0.000000187. The van der Waals surface area contributed by atoms with E-state index in [1.807, 2.05) is 85.1 Å². The number of rotatable bonds is 22. The minimum absolute atomic E-state index is 0. The van der Waals surface area contributed by atoms with Crippen LogP contribution in [0.25, 0.3) is 10.9 Å². The Hall–Kier alpha value is 0.120. The van der Waals surface area contributed by atoms with Gasteiger partial charge in [-0.15, -0.1) is 34.8 Å². The van der Waals surface area contributed by atoms with Crippen molar-refractivity contribution >= 4 is 339 Å². The summed E-state index contributed by atoms with van der Waals surface area (Å²) in [5.74, 6) is 4.56. The number of thiol groups is 1. The molecule has 8 N–H and O–H groups in total. The summed E-state index contributed by atoms with van der Waals surface area (Å²) in [6, 6.07) is 7.60. The van der Waals surface area contributed by atoms with Crippen molar-refractivity contribution in [2.45, 2.75) is 194 Å². The fraction of sp³-hybridized carbons (Fsp3) is 0.667. The predicted octanol–water partition coefficient (Wildman–Crippen LogP) is 10.4. The van der Waals surface area contributed by atoms with E-state index in [4.69, 9.17) is 106 Å². The number of aliphatic imine (C=N–C) groups is 1. The number of benzene rings is 1. The summed E-state index contributed by atoms with van der Waals surface area (Å²) < 4.78 is 51.6. The third kappa shape index (κ3) is 71.8. The molecule has 3 aliphatic heterocycles. The molecular formula is C60H103B2BrCl3N12O12S22. The summed E-state index contributed by atoms with van der Waals surface area (Å²) in [6.07, 6.45) is 22.4. The van der Waals surface area contributed by atoms with Gasteiger partial charge in [-0.05, 0) is 140 Å². The van der Waals surface area contributed by atoms with E-state index in [1.165, 1.54) is 137 Å². The number of imidazole rings is 2. The molecular weight excluding hydrogens is 1990 g/mol. The molecule has 4 aromatic rings. The number of carboxylic acid groups (broad SMARTS) is 1. The van der Waals surface area contributed by atoms with Crippen LogP contribution in [0.4, 0.5) is 0 Å². The van der Waals surface area contributed by atoms with Crippen LogP contribution in [0.2, 0.25) is 0 Å². The van der Waals surface area contributed by atoms with E-state index in [9.17, 15) is 9.59 Å². The van der Waals surface area contributed by atoms with Crippen molar-refractivity contribution in [3.05, 3.63) is 64.8 Å². The summed E-state index contributed by atoms with van der Waals surface area (Å²) in [7, 11) is 24.4. The van der Waals surface area contributed by atoms with E-state index in [-0.39, 0.29) is 45.1 Å². The number of hydrogen-bond donors (Lipinski definition) is 6. The molecule has 0 unspecified atom stereocenters. The number of amides is 1. The first-order valence-corrected chi connectivity index (χ1v) is 55.1. The van der Waals surface area contributed by atoms with E-state index < -0.39 is 29.8 Å². The van der Waals surface area contributed by atoms with Crippen LogP contribution in [-0.4, -0.2) is 169 Å². The average Bonchev–Trinajstić information content (AvgIpc) is 1.61. The predicted molar refractivity (Wildman–Crippen MR) is 529 cm³/mol. The number of aryl methyl sites for hydroxylation is 3. The van der Waals surface area contributed by atoms with Gasteiger partial charge in [-0.3, -0.25) is 24.8 Å². The van der Waals surface area contributed by atoms with Crippen molar-refractivity contribution in [2.75, 3.05) is 66.3 Å². The van der Waals surface area contributed by atoms with Crippen LogP contribution in [0.15, 0.2) is 56.9 Å². The van der Waals surface area contributed by atoms with Crippen molar-refractivity contribution in [2.24, 2.45) is 26.5 Å². The third-order valence-electron chi connectivity index (χ3n) is 13.6. The second-order valence-electron chi connectivity index (χ2n) is 22.6. The van der Waals surface area contributed by atoms with Crippen molar-refractivity contribution in [3.63, 3.8) is 0 Å². The Morgan fingerprint density at radius 3 is 1.67 bits per heavy atom. The Bertz CT molecular complexity index is 3610. The number of esters is 1. The molecule has 7 rings (SSSR count). The van der Waals surface area contributed by atoms with Gasteiger partial charge in [0, 0.05) is 328 Å². The maximum absolute atomic E-state index is 12.3. The summed E-state index contributed by atoms with van der Waals surface area (Å²) in [6.45, 7) is 16.3. The smallest absolute Gasteiger partial charge is 0.108 e. The van der Waals surface area contributed by atoms with Crippen molar-refractivity contribution < 1.29 is 57.2 Å². The van der Waals surface area contributed by atoms with Crippen LogP contribution >= 0.6 is 77.0 Å². The molecule has 3 aromatic heterocycles. The third-order valence-corrected chi connectivity index (χ3v) is 28.3. The Labute approximate surface area is 778 Å². The van der Waals surface area contributed by atoms with Gasteiger partial charge >= 0.3 is 37.8 Å². The number of unbranched alkanes of at least 4 members (excludes halogenated alkanes) is 4. The van der Waals surface area contributed by atoms with E-state index in [0.29, 0.717) is 71.8 Å². The van der Waals surface area contributed by atoms with Crippen LogP contribution in [0.1, 0.15) is 154 Å². The minimum atomic E-state index is -0.587. The quantitative estimate of drug-likeness (QED) is 0.00490. The molecule has 1 aromatic carbocycles. The van der Waals surface area contributed by atoms with Gasteiger partial charge in [-0.25, -0.2) is 9.97 Å². The number of primary amides is 1. The molecule has 6 heterocycles. The van der Waals surface area contributed by atoms with Crippen LogP contribution < -0.4 is 22.7 Å². The average molecular weight is 2100 g/mol. The molecule has 0 bridgehead atoms. The molecule has 112 heavy (non-hydrogen) atoms. The number of carbonyl (C=O) groups is 3. The fourth-order valence-electron chi connectivity index (χ4n) is 8.02. The molecule has 0 atom stereocenters. The largest absolute Gasteiger partial charge is 0.335 e. The number of carbonyl (C=O) groups excluding carboxylic acids is 2. The molecule has 1 fully saturated rings. The van der Waals surface area contributed by atoms with Gasteiger partial charge in [-0.2, -0.15) is 18.8 Å². The zero-order valence-electron chi connectivity index (χ0n) is 64.1. The van der Waals surface area contributed by atoms with Gasteiger partial charge in [0.15, 0.2) is 18.5 Å². The first kappa shape index (κ1) is 128. The number of alkyl halides is 3. The Kier molecular flexibility index (Phi) is 101. The molecule has 641 valence electrons. The van der Waals surface area contributed by atoms with Crippen molar-refractivity contribution in [3.8, 4) is 6.07 Å². The summed E-state index contributed by atoms with van der Waals surface area (Å²) in [5.41, 5.74) is 16.7. The SMILES string of the molecule is Brc1cnc2n1CCCC2.CC(C)(C)OC(=O)Cn1cc(C(N)=O)c2cc(B3OC(C)(C)C(C)(C)O3)ccc21.COC(=N)CCCCCl.COC(CN)OC.COC(CN=C(N)CCCCCl)OC.N#CCCCCCl.O=CO.S.S=S.S=S=S.S=S=S=S.S=S=S=S=S.S=S=S=S=S=S.[B]=NS.c1cn2c(n1)CCCC2. The maximum atomic E-state index is 12.3. The van der Waals surface area contributed by atoms with Gasteiger partial charge in [0.05, 0.1) is 48.5 Å². The zero-order chi connectivity index (χ0) is 86.5. The Morgan fingerprint density at radius 2 is 1.28 bits per heavy atom. The summed E-state index contributed by atoms with van der Waals surface area (Å²) in [4.78, 5) is 45.3. The van der Waals surface area contributed by atoms with E-state index >= 15 is 0 Å². The standard InChI is InChI=1S/C21H29BN2O5.C9H19ClN2O2.C7H9BrN2.C7H10N2.C6H12ClNO.C5H8ClN.C4H11NO2.CH2O2.BHNS.S6.S5.S4.S3.S2.H2S/c1-19(2,3)27-17(25)12-24-11-15(18(23)26)14-10-13(8-9-16(14)24)22-28-20(4,5)21(6,7)29-22;1-13-9(14-2)7-12-8(11)5-3-4-6-10;8-6-5-9-7-3-1-2-4-10(6)7;1-2-5-9-6-4-8-7(9)3-1;1-9-6(8)4-2-3-5-7;6-4-2-1-3-5-7;1-6-4(3-5)7-2;2-1-3;1-2-3;1-3-5-6-4-2;1-3-5-4-2;1-3-4-2;1-3-2;1-2;/h8-11H,12H2,1-7H3,(H2,23,26);9H,3-7H2,1-2H3,(H2,11,12);5H,1-4H2;4,6H,1-3,5H2;8H,2-5H2,1H3;1-4H2;4H,3,5H2,1-2H3;1H,(H,2,3);3H;;;;;;1H2. The number of ether oxygens (including phenoxy) is 6. The van der Waals surface area contributed by atoms with E-state index in [0.717, 1.165) is 76.9 Å². The van der Waals surface area contributed by atoms with Crippen molar-refractivity contribution in [1.82, 2.24) is 23.7 Å². The first-order valence-electron chi connectivity index (χ1n) is 32.3. The van der Waals surface area contributed by atoms with Gasteiger partial charge in [0.25, 0.3) is 12.4 Å². The number of nitrogens with two attached hydrogens (primary N) is 3. The number of aromatic nitrogens is 5. The molecule has 0 aliphatic carbocycles. The maximum Gasteiger partial charge on any atom is 0.108 e. The molecule has 3 aliphatic rings. The summed E-state index contributed by atoms with van der Waals surface area (Å²) >= 11 is 65.1. The number of methoxy groups -OCH3 is 5. The second kappa shape index (κ2) is 88.9.